The van der Waals surface area contributed by atoms with Crippen LogP contribution in [0.1, 0.15) is 31.0 Å². The van der Waals surface area contributed by atoms with Gasteiger partial charge in [-0.25, -0.2) is 0 Å². The van der Waals surface area contributed by atoms with Crippen molar-refractivity contribution in [3.63, 3.8) is 0 Å². The number of carbonyl (C=O) groups excluding carboxylic acids is 1. The van der Waals surface area contributed by atoms with Gasteiger partial charge in [0.1, 0.15) is 5.75 Å². The molecule has 27 heavy (non-hydrogen) atoms. The second kappa shape index (κ2) is 8.68. The highest BCUT2D eigenvalue weighted by molar-refractivity contribution is 7.99. The summed E-state index contributed by atoms with van der Waals surface area (Å²) >= 11 is 1.26. The first-order chi connectivity index (χ1) is 13.1. The molecule has 1 atom stereocenters. The molecule has 0 aliphatic rings. The quantitative estimate of drug-likeness (QED) is 0.610. The molecule has 1 aromatic heterocycles. The molecule has 0 spiro atoms. The molecule has 3 aromatic rings. The number of rotatable bonds is 7. The van der Waals surface area contributed by atoms with Gasteiger partial charge in [-0.15, -0.1) is 5.10 Å². The second-order valence-corrected chi connectivity index (χ2v) is 7.01. The molecule has 0 bridgehead atoms. The van der Waals surface area contributed by atoms with Crippen LogP contribution in [0.3, 0.4) is 0 Å². The van der Waals surface area contributed by atoms with Crippen molar-refractivity contribution in [2.24, 2.45) is 0 Å². The number of tetrazole rings is 1. The van der Waals surface area contributed by atoms with E-state index in [1.165, 1.54) is 22.0 Å². The summed E-state index contributed by atoms with van der Waals surface area (Å²) in [5, 5.41) is 24.5. The molecule has 0 fully saturated rings. The van der Waals surface area contributed by atoms with E-state index in [2.05, 4.69) is 39.9 Å². The van der Waals surface area contributed by atoms with E-state index >= 15 is 0 Å². The van der Waals surface area contributed by atoms with E-state index in [4.69, 9.17) is 0 Å². The van der Waals surface area contributed by atoms with Gasteiger partial charge in [-0.3, -0.25) is 4.79 Å². The number of hydrogen-bond acceptors (Lipinski definition) is 6. The van der Waals surface area contributed by atoms with Crippen LogP contribution in [0.15, 0.2) is 53.7 Å². The van der Waals surface area contributed by atoms with Gasteiger partial charge in [0.25, 0.3) is 0 Å². The Hall–Kier alpha value is -2.87. The minimum absolute atomic E-state index is 0.0721. The maximum atomic E-state index is 12.3. The van der Waals surface area contributed by atoms with Crippen molar-refractivity contribution in [1.29, 1.82) is 0 Å². The molecule has 1 heterocycles. The molecular weight excluding hydrogens is 362 g/mol. The fourth-order valence-electron chi connectivity index (χ4n) is 2.56. The number of benzene rings is 2. The Morgan fingerprint density at radius 1 is 1.19 bits per heavy atom. The van der Waals surface area contributed by atoms with Crippen molar-refractivity contribution >= 4 is 17.7 Å². The number of aromatic hydroxyl groups is 1. The molecule has 0 saturated heterocycles. The molecular formula is C19H21N5O2S. The maximum absolute atomic E-state index is 12.3. The van der Waals surface area contributed by atoms with Crippen LogP contribution < -0.4 is 5.32 Å². The Morgan fingerprint density at radius 3 is 2.56 bits per heavy atom. The lowest BCUT2D eigenvalue weighted by Gasteiger charge is -2.14. The van der Waals surface area contributed by atoms with Gasteiger partial charge < -0.3 is 10.4 Å². The highest BCUT2D eigenvalue weighted by Gasteiger charge is 2.14. The molecule has 0 aliphatic heterocycles. The summed E-state index contributed by atoms with van der Waals surface area (Å²) in [6, 6.07) is 14.7. The molecule has 7 nitrogen and oxygen atoms in total. The van der Waals surface area contributed by atoms with Gasteiger partial charge in [0.15, 0.2) is 0 Å². The van der Waals surface area contributed by atoms with Gasteiger partial charge in [0.2, 0.25) is 11.1 Å². The SMILES string of the molecule is CCc1ccc(C(C)NC(=O)CSc2nnnn2-c2ccc(O)cc2)cc1. The molecule has 0 aliphatic carbocycles. The number of carbonyl (C=O) groups is 1. The van der Waals surface area contributed by atoms with Crippen LogP contribution in [-0.4, -0.2) is 37.0 Å². The largest absolute Gasteiger partial charge is 0.508 e. The molecule has 1 unspecified atom stereocenters. The van der Waals surface area contributed by atoms with Gasteiger partial charge in [0.05, 0.1) is 17.5 Å². The summed E-state index contributed by atoms with van der Waals surface area (Å²) in [5.74, 6) is 0.282. The fraction of sp³-hybridized carbons (Fsp3) is 0.263. The maximum Gasteiger partial charge on any atom is 0.230 e. The number of hydrogen-bond donors (Lipinski definition) is 2. The summed E-state index contributed by atoms with van der Waals surface area (Å²) in [6.45, 7) is 4.08. The minimum Gasteiger partial charge on any atom is -0.508 e. The second-order valence-electron chi connectivity index (χ2n) is 6.06. The average molecular weight is 383 g/mol. The van der Waals surface area contributed by atoms with E-state index in [9.17, 15) is 9.90 Å². The first kappa shape index (κ1) is 18.9. The van der Waals surface area contributed by atoms with Crippen molar-refractivity contribution < 1.29 is 9.90 Å². The van der Waals surface area contributed by atoms with Crippen LogP contribution in [-0.2, 0) is 11.2 Å². The number of thioether (sulfide) groups is 1. The van der Waals surface area contributed by atoms with Crippen molar-refractivity contribution in [3.8, 4) is 11.4 Å². The first-order valence-corrected chi connectivity index (χ1v) is 9.64. The number of phenols is 1. The number of aromatic nitrogens is 4. The number of nitrogens with zero attached hydrogens (tertiary/aromatic N) is 4. The third-order valence-corrected chi connectivity index (χ3v) is 5.05. The van der Waals surface area contributed by atoms with Gasteiger partial charge in [-0.2, -0.15) is 4.68 Å². The normalized spacial score (nSPS) is 11.9. The number of amides is 1. The molecule has 2 N–H and O–H groups in total. The lowest BCUT2D eigenvalue weighted by atomic mass is 10.1. The summed E-state index contributed by atoms with van der Waals surface area (Å²) in [4.78, 5) is 12.3. The third kappa shape index (κ3) is 4.85. The van der Waals surface area contributed by atoms with Crippen LogP contribution in [0, 0.1) is 0 Å². The lowest BCUT2D eigenvalue weighted by Crippen LogP contribution is -2.28. The fourth-order valence-corrected chi connectivity index (χ4v) is 3.27. The zero-order valence-corrected chi connectivity index (χ0v) is 16.0. The molecule has 1 amide bonds. The molecule has 3 rings (SSSR count). The predicted molar refractivity (Wildman–Crippen MR) is 104 cm³/mol. The average Bonchev–Trinajstić information content (AvgIpc) is 3.15. The number of nitrogens with one attached hydrogen (secondary N) is 1. The Morgan fingerprint density at radius 2 is 1.89 bits per heavy atom. The summed E-state index contributed by atoms with van der Waals surface area (Å²) in [7, 11) is 0. The Bertz CT molecular complexity index is 893. The Balaban J connectivity index is 1.58. The van der Waals surface area contributed by atoms with Gasteiger partial charge in [-0.1, -0.05) is 43.0 Å². The molecule has 0 saturated carbocycles. The predicted octanol–water partition coefficient (Wildman–Crippen LogP) is 2.90. The topological polar surface area (TPSA) is 92.9 Å². The van der Waals surface area contributed by atoms with Crippen LogP contribution >= 0.6 is 11.8 Å². The smallest absolute Gasteiger partial charge is 0.230 e. The number of aryl methyl sites for hydroxylation is 1. The Labute approximate surface area is 161 Å². The van der Waals surface area contributed by atoms with Crippen molar-refractivity contribution in [3.05, 3.63) is 59.7 Å². The van der Waals surface area contributed by atoms with Crippen LogP contribution in [0.4, 0.5) is 0 Å². The summed E-state index contributed by atoms with van der Waals surface area (Å²) in [6.07, 6.45) is 0.993. The van der Waals surface area contributed by atoms with E-state index in [1.807, 2.05) is 19.1 Å². The van der Waals surface area contributed by atoms with Gasteiger partial charge in [-0.05, 0) is 59.2 Å². The van der Waals surface area contributed by atoms with E-state index in [-0.39, 0.29) is 23.5 Å². The zero-order valence-electron chi connectivity index (χ0n) is 15.2. The van der Waals surface area contributed by atoms with Crippen LogP contribution in [0.25, 0.3) is 5.69 Å². The van der Waals surface area contributed by atoms with Gasteiger partial charge in [0, 0.05) is 0 Å². The summed E-state index contributed by atoms with van der Waals surface area (Å²) in [5.41, 5.74) is 3.05. The van der Waals surface area contributed by atoms with Crippen LogP contribution in [0.5, 0.6) is 5.75 Å². The first-order valence-electron chi connectivity index (χ1n) is 8.65. The molecule has 0 radical (unpaired) electrons. The van der Waals surface area contributed by atoms with E-state index in [0.29, 0.717) is 10.8 Å². The van der Waals surface area contributed by atoms with Crippen molar-refractivity contribution in [1.82, 2.24) is 25.5 Å². The van der Waals surface area contributed by atoms with Crippen LogP contribution in [0.2, 0.25) is 0 Å². The Kier molecular flexibility index (Phi) is 6.08. The monoisotopic (exact) mass is 383 g/mol. The third-order valence-electron chi connectivity index (χ3n) is 4.13. The molecule has 2 aromatic carbocycles. The minimum atomic E-state index is -0.0904. The molecule has 140 valence electrons. The standard InChI is InChI=1S/C19H21N5O2S/c1-3-14-4-6-15(7-5-14)13(2)20-18(26)12-27-19-21-22-23-24(19)16-8-10-17(25)11-9-16/h4-11,13,25H,3,12H2,1-2H3,(H,20,26). The lowest BCUT2D eigenvalue weighted by molar-refractivity contribution is -0.119. The van der Waals surface area contributed by atoms with E-state index in [0.717, 1.165) is 12.0 Å². The van der Waals surface area contributed by atoms with Gasteiger partial charge >= 0.3 is 0 Å². The van der Waals surface area contributed by atoms with E-state index in [1.54, 1.807) is 24.3 Å². The highest BCUT2D eigenvalue weighted by atomic mass is 32.2. The summed E-state index contributed by atoms with van der Waals surface area (Å²) < 4.78 is 1.53. The highest BCUT2D eigenvalue weighted by Crippen LogP contribution is 2.20. The van der Waals surface area contributed by atoms with E-state index < -0.39 is 0 Å². The number of phenolic OH excluding ortho intramolecular Hbond substituents is 1. The zero-order chi connectivity index (χ0) is 19.2. The molecule has 8 heteroatoms. The van der Waals surface area contributed by atoms with Crippen molar-refractivity contribution in [2.45, 2.75) is 31.5 Å². The van der Waals surface area contributed by atoms with Crippen molar-refractivity contribution in [2.75, 3.05) is 5.75 Å².